The van der Waals surface area contributed by atoms with Gasteiger partial charge in [-0.2, -0.15) is 13.2 Å². The van der Waals surface area contributed by atoms with Crippen LogP contribution in [0, 0.1) is 0 Å². The standard InChI is InChI=1S/C20H21F3N4O4/c1-2-31-19(30)14-5-6-16(24-12-14)25-8-10-26(11-9-25)17(28)13-27-7-3-4-15(18(27)29)20(21,22)23/h3-7,12H,2,8-11,13H2,1H3. The highest BCUT2D eigenvalue weighted by atomic mass is 19.4. The predicted octanol–water partition coefficient (Wildman–Crippen LogP) is 1.79. The third-order valence-electron chi connectivity index (χ3n) is 4.85. The van der Waals surface area contributed by atoms with Gasteiger partial charge in [-0.1, -0.05) is 0 Å². The van der Waals surface area contributed by atoms with Gasteiger partial charge in [0.05, 0.1) is 12.2 Å². The fraction of sp³-hybridized carbons (Fsp3) is 0.400. The van der Waals surface area contributed by atoms with Gasteiger partial charge in [0.1, 0.15) is 17.9 Å². The van der Waals surface area contributed by atoms with Gasteiger partial charge in [-0.3, -0.25) is 9.59 Å². The van der Waals surface area contributed by atoms with Crippen molar-refractivity contribution in [1.82, 2.24) is 14.5 Å². The number of nitrogens with zero attached hydrogens (tertiary/aromatic N) is 4. The number of hydrogen-bond acceptors (Lipinski definition) is 6. The first-order valence-corrected chi connectivity index (χ1v) is 9.63. The highest BCUT2D eigenvalue weighted by Gasteiger charge is 2.34. The van der Waals surface area contributed by atoms with Crippen molar-refractivity contribution in [2.75, 3.05) is 37.7 Å². The number of ether oxygens (including phenoxy) is 1. The molecule has 1 amide bonds. The third-order valence-corrected chi connectivity index (χ3v) is 4.85. The van der Waals surface area contributed by atoms with Gasteiger partial charge in [0.25, 0.3) is 5.56 Å². The molecular weight excluding hydrogens is 417 g/mol. The summed E-state index contributed by atoms with van der Waals surface area (Å²) in [5.41, 5.74) is -2.20. The Morgan fingerprint density at radius 3 is 2.42 bits per heavy atom. The van der Waals surface area contributed by atoms with E-state index in [0.717, 1.165) is 10.6 Å². The molecule has 0 saturated carbocycles. The van der Waals surface area contributed by atoms with E-state index in [4.69, 9.17) is 4.74 Å². The van der Waals surface area contributed by atoms with Gasteiger partial charge in [0.15, 0.2) is 0 Å². The number of piperazine rings is 1. The molecule has 11 heteroatoms. The number of carbonyl (C=O) groups is 2. The van der Waals surface area contributed by atoms with Crippen LogP contribution in [0.5, 0.6) is 0 Å². The van der Waals surface area contributed by atoms with Crippen molar-refractivity contribution in [3.05, 3.63) is 58.1 Å². The molecule has 0 N–H and O–H groups in total. The fourth-order valence-corrected chi connectivity index (χ4v) is 3.22. The summed E-state index contributed by atoms with van der Waals surface area (Å²) in [4.78, 5) is 43.9. The molecule has 3 rings (SSSR count). The number of halogens is 3. The van der Waals surface area contributed by atoms with E-state index in [1.807, 2.05) is 4.90 Å². The molecule has 0 spiro atoms. The first-order valence-electron chi connectivity index (χ1n) is 9.63. The second kappa shape index (κ2) is 9.19. The Hall–Kier alpha value is -3.37. The Bertz CT molecular complexity index is 997. The Morgan fingerprint density at radius 2 is 1.84 bits per heavy atom. The highest BCUT2D eigenvalue weighted by molar-refractivity contribution is 5.89. The molecule has 0 aromatic carbocycles. The normalized spacial score (nSPS) is 14.5. The second-order valence-corrected chi connectivity index (χ2v) is 6.85. The minimum absolute atomic E-state index is 0.267. The molecule has 3 heterocycles. The second-order valence-electron chi connectivity index (χ2n) is 6.85. The third kappa shape index (κ3) is 5.22. The Morgan fingerprint density at radius 1 is 1.13 bits per heavy atom. The van der Waals surface area contributed by atoms with Crippen molar-refractivity contribution in [1.29, 1.82) is 0 Å². The summed E-state index contributed by atoms with van der Waals surface area (Å²) in [6.45, 7) is 3.08. The number of hydrogen-bond donors (Lipinski definition) is 0. The number of anilines is 1. The van der Waals surface area contributed by atoms with E-state index < -0.39 is 35.7 Å². The average Bonchev–Trinajstić information content (AvgIpc) is 2.75. The molecule has 1 aliphatic rings. The average molecular weight is 438 g/mol. The minimum atomic E-state index is -4.77. The van der Waals surface area contributed by atoms with Crippen LogP contribution >= 0.6 is 0 Å². The summed E-state index contributed by atoms with van der Waals surface area (Å²) in [5.74, 6) is -0.261. The Balaban J connectivity index is 1.59. The van der Waals surface area contributed by atoms with Crippen molar-refractivity contribution >= 4 is 17.7 Å². The maximum absolute atomic E-state index is 12.9. The predicted molar refractivity (Wildman–Crippen MR) is 105 cm³/mol. The number of aromatic nitrogens is 2. The number of esters is 1. The van der Waals surface area contributed by atoms with Gasteiger partial charge in [-0.15, -0.1) is 0 Å². The lowest BCUT2D eigenvalue weighted by atomic mass is 10.2. The lowest BCUT2D eigenvalue weighted by Gasteiger charge is -2.35. The van der Waals surface area contributed by atoms with Crippen LogP contribution in [0.4, 0.5) is 19.0 Å². The van der Waals surface area contributed by atoms with Crippen LogP contribution in [0.25, 0.3) is 0 Å². The Labute approximate surface area is 175 Å². The summed E-state index contributed by atoms with van der Waals surface area (Å²) in [6, 6.07) is 5.09. The topological polar surface area (TPSA) is 84.7 Å². The molecule has 0 bridgehead atoms. The van der Waals surface area contributed by atoms with E-state index in [1.54, 1.807) is 19.1 Å². The van der Waals surface area contributed by atoms with Crippen molar-refractivity contribution in [2.24, 2.45) is 0 Å². The van der Waals surface area contributed by atoms with Crippen molar-refractivity contribution < 1.29 is 27.5 Å². The molecule has 1 saturated heterocycles. The number of pyridine rings is 2. The van der Waals surface area contributed by atoms with E-state index in [2.05, 4.69) is 4.98 Å². The van der Waals surface area contributed by atoms with Crippen LogP contribution in [-0.2, 0) is 22.3 Å². The maximum atomic E-state index is 12.9. The molecule has 0 unspecified atom stereocenters. The minimum Gasteiger partial charge on any atom is -0.462 e. The molecular formula is C20H21F3N4O4. The molecule has 1 fully saturated rings. The molecule has 166 valence electrons. The SMILES string of the molecule is CCOC(=O)c1ccc(N2CCN(C(=O)Cn3cccc(C(F)(F)F)c3=O)CC2)nc1. The van der Waals surface area contributed by atoms with E-state index in [1.165, 1.54) is 17.3 Å². The maximum Gasteiger partial charge on any atom is 0.421 e. The van der Waals surface area contributed by atoms with Crippen LogP contribution in [0.15, 0.2) is 41.5 Å². The number of carbonyl (C=O) groups excluding carboxylic acids is 2. The zero-order valence-corrected chi connectivity index (χ0v) is 16.8. The summed E-state index contributed by atoms with van der Waals surface area (Å²) in [6.07, 6.45) is -2.18. The molecule has 2 aromatic heterocycles. The quantitative estimate of drug-likeness (QED) is 0.662. The fourth-order valence-electron chi connectivity index (χ4n) is 3.22. The zero-order valence-electron chi connectivity index (χ0n) is 16.8. The first-order chi connectivity index (χ1) is 14.7. The smallest absolute Gasteiger partial charge is 0.421 e. The first kappa shape index (κ1) is 22.3. The lowest BCUT2D eigenvalue weighted by molar-refractivity contribution is -0.139. The van der Waals surface area contributed by atoms with Crippen LogP contribution in [-0.4, -0.2) is 59.1 Å². The van der Waals surface area contributed by atoms with Gasteiger partial charge in [-0.05, 0) is 31.2 Å². The van der Waals surface area contributed by atoms with Gasteiger partial charge >= 0.3 is 12.1 Å². The molecule has 2 aromatic rings. The van der Waals surface area contributed by atoms with Gasteiger partial charge in [0.2, 0.25) is 5.91 Å². The summed E-state index contributed by atoms with van der Waals surface area (Å²) < 4.78 is 44.3. The van der Waals surface area contributed by atoms with E-state index in [0.29, 0.717) is 43.6 Å². The van der Waals surface area contributed by atoms with Crippen LogP contribution in [0.3, 0.4) is 0 Å². The van der Waals surface area contributed by atoms with Gasteiger partial charge in [-0.25, -0.2) is 9.78 Å². The zero-order chi connectivity index (χ0) is 22.6. The van der Waals surface area contributed by atoms with Crippen LogP contribution in [0.1, 0.15) is 22.8 Å². The lowest BCUT2D eigenvalue weighted by Crippen LogP contribution is -2.50. The highest BCUT2D eigenvalue weighted by Crippen LogP contribution is 2.26. The summed E-state index contributed by atoms with van der Waals surface area (Å²) in [5, 5.41) is 0. The number of amides is 1. The van der Waals surface area contributed by atoms with Gasteiger partial charge in [0, 0.05) is 38.6 Å². The van der Waals surface area contributed by atoms with E-state index in [-0.39, 0.29) is 6.61 Å². The largest absolute Gasteiger partial charge is 0.462 e. The van der Waals surface area contributed by atoms with Crippen LogP contribution < -0.4 is 10.5 Å². The summed E-state index contributed by atoms with van der Waals surface area (Å²) >= 11 is 0. The molecule has 0 aliphatic carbocycles. The van der Waals surface area contributed by atoms with E-state index in [9.17, 15) is 27.6 Å². The van der Waals surface area contributed by atoms with Crippen LogP contribution in [0.2, 0.25) is 0 Å². The van der Waals surface area contributed by atoms with Crippen molar-refractivity contribution in [2.45, 2.75) is 19.6 Å². The molecule has 8 nitrogen and oxygen atoms in total. The summed E-state index contributed by atoms with van der Waals surface area (Å²) in [7, 11) is 0. The molecule has 1 aliphatic heterocycles. The van der Waals surface area contributed by atoms with Crippen molar-refractivity contribution in [3.63, 3.8) is 0 Å². The molecule has 0 radical (unpaired) electrons. The van der Waals surface area contributed by atoms with Crippen molar-refractivity contribution in [3.8, 4) is 0 Å². The van der Waals surface area contributed by atoms with Gasteiger partial charge < -0.3 is 19.1 Å². The molecule has 31 heavy (non-hydrogen) atoms. The molecule has 0 atom stereocenters. The van der Waals surface area contributed by atoms with E-state index >= 15 is 0 Å². The number of alkyl halides is 3. The monoisotopic (exact) mass is 438 g/mol. The number of rotatable bonds is 5. The Kier molecular flexibility index (Phi) is 6.62.